The molecule has 0 saturated carbocycles. The Morgan fingerprint density at radius 1 is 0.900 bits per heavy atom. The summed E-state index contributed by atoms with van der Waals surface area (Å²) in [7, 11) is -1.26. The summed E-state index contributed by atoms with van der Waals surface area (Å²) < 4.78 is 12.5. The van der Waals surface area contributed by atoms with Gasteiger partial charge in [-0.3, -0.25) is 0 Å². The van der Waals surface area contributed by atoms with E-state index in [9.17, 15) is 4.21 Å². The molecule has 1 heterocycles. The fraction of sp³-hybridized carbons (Fsp3) is 0. The Labute approximate surface area is 118 Å². The Bertz CT molecular complexity index is 805. The molecule has 6 heteroatoms. The molecule has 0 radical (unpaired) electrons. The zero-order valence-electron chi connectivity index (χ0n) is 10.5. The van der Waals surface area contributed by atoms with Gasteiger partial charge in [0.05, 0.1) is 16.3 Å². The molecular weight excluding hydrogens is 272 g/mol. The highest BCUT2D eigenvalue weighted by Gasteiger charge is 2.10. The molecule has 3 aromatic rings. The van der Waals surface area contributed by atoms with E-state index in [0.29, 0.717) is 21.6 Å². The predicted molar refractivity (Wildman–Crippen MR) is 79.5 cm³/mol. The zero-order chi connectivity index (χ0) is 14.1. The third-order valence-corrected chi connectivity index (χ3v) is 4.27. The molecule has 3 rings (SSSR count). The molecule has 2 aromatic carbocycles. The van der Waals surface area contributed by atoms with Crippen LogP contribution in [0.5, 0.6) is 0 Å². The monoisotopic (exact) mass is 284 g/mol. The van der Waals surface area contributed by atoms with Gasteiger partial charge in [0, 0.05) is 15.2 Å². The van der Waals surface area contributed by atoms with Crippen LogP contribution in [-0.4, -0.2) is 14.2 Å². The summed E-state index contributed by atoms with van der Waals surface area (Å²) in [5, 5.41) is 0.654. The third-order valence-electron chi connectivity index (χ3n) is 2.89. The van der Waals surface area contributed by atoms with E-state index >= 15 is 0 Å². The molecule has 1 aromatic heterocycles. The van der Waals surface area contributed by atoms with Crippen molar-refractivity contribution in [3.63, 3.8) is 0 Å². The van der Waals surface area contributed by atoms with E-state index in [1.165, 1.54) is 0 Å². The van der Waals surface area contributed by atoms with Crippen molar-refractivity contribution in [2.45, 2.75) is 9.79 Å². The van der Waals surface area contributed by atoms with Crippen LogP contribution in [0.15, 0.2) is 58.3 Å². The number of hydrogen-bond donors (Lipinski definition) is 2. The number of nitrogen functional groups attached to an aromatic ring is 2. The van der Waals surface area contributed by atoms with Crippen molar-refractivity contribution in [3.05, 3.63) is 48.5 Å². The Kier molecular flexibility index (Phi) is 3.08. The lowest BCUT2D eigenvalue weighted by Crippen LogP contribution is -2.01. The zero-order valence-corrected chi connectivity index (χ0v) is 11.3. The lowest BCUT2D eigenvalue weighted by molar-refractivity contribution is 0.683. The Hall–Kier alpha value is -2.47. The molecule has 0 aliphatic rings. The van der Waals surface area contributed by atoms with Crippen molar-refractivity contribution in [3.8, 4) is 0 Å². The van der Waals surface area contributed by atoms with Gasteiger partial charge in [-0.15, -0.1) is 0 Å². The number of anilines is 2. The quantitative estimate of drug-likeness (QED) is 0.750. The van der Waals surface area contributed by atoms with E-state index in [1.54, 1.807) is 18.2 Å². The first kappa shape index (κ1) is 12.6. The smallest absolute Gasteiger partial charge is 0.222 e. The molecule has 0 bridgehead atoms. The van der Waals surface area contributed by atoms with Crippen molar-refractivity contribution in [2.24, 2.45) is 0 Å². The van der Waals surface area contributed by atoms with Crippen LogP contribution < -0.4 is 11.5 Å². The van der Waals surface area contributed by atoms with Gasteiger partial charge < -0.3 is 11.5 Å². The van der Waals surface area contributed by atoms with Gasteiger partial charge in [0.1, 0.15) is 5.82 Å². The molecule has 0 aliphatic heterocycles. The summed E-state index contributed by atoms with van der Waals surface area (Å²) in [4.78, 5) is 9.41. The average molecular weight is 284 g/mol. The third kappa shape index (κ3) is 2.21. The molecule has 0 spiro atoms. The van der Waals surface area contributed by atoms with Gasteiger partial charge in [-0.05, 0) is 30.3 Å². The van der Waals surface area contributed by atoms with Crippen LogP contribution in [0.25, 0.3) is 10.9 Å². The number of hydrogen-bond acceptors (Lipinski definition) is 5. The minimum absolute atomic E-state index is 0.131. The first-order valence-electron chi connectivity index (χ1n) is 5.95. The second-order valence-corrected chi connectivity index (χ2v) is 5.71. The number of nitrogens with zero attached hydrogens (tertiary/aromatic N) is 2. The first-order valence-corrected chi connectivity index (χ1v) is 7.10. The van der Waals surface area contributed by atoms with E-state index in [2.05, 4.69) is 9.97 Å². The standard InChI is InChI=1S/C14H12N4OS/c15-13-11-8-10(6-7-12(11)17-14(16)18-13)20(19)9-4-2-1-3-5-9/h1-8H,(H4,15,16,17,18)/t20-/m0/s1. The Morgan fingerprint density at radius 2 is 1.65 bits per heavy atom. The molecule has 0 amide bonds. The molecule has 0 fully saturated rings. The Morgan fingerprint density at radius 3 is 2.40 bits per heavy atom. The molecule has 4 N–H and O–H groups in total. The molecule has 100 valence electrons. The summed E-state index contributed by atoms with van der Waals surface area (Å²) in [5.74, 6) is 0.423. The van der Waals surface area contributed by atoms with Crippen molar-refractivity contribution < 1.29 is 4.21 Å². The molecule has 1 atom stereocenters. The van der Waals surface area contributed by atoms with E-state index in [-0.39, 0.29) is 5.95 Å². The average Bonchev–Trinajstić information content (AvgIpc) is 2.47. The van der Waals surface area contributed by atoms with E-state index < -0.39 is 10.8 Å². The number of fused-ring (bicyclic) bond motifs is 1. The molecule has 20 heavy (non-hydrogen) atoms. The van der Waals surface area contributed by atoms with Crippen LogP contribution in [0.2, 0.25) is 0 Å². The lowest BCUT2D eigenvalue weighted by atomic mass is 10.2. The second kappa shape index (κ2) is 4.90. The first-order chi connectivity index (χ1) is 9.65. The van der Waals surface area contributed by atoms with Gasteiger partial charge in [0.15, 0.2) is 0 Å². The molecule has 0 saturated heterocycles. The summed E-state index contributed by atoms with van der Waals surface area (Å²) in [6.07, 6.45) is 0. The fourth-order valence-electron chi connectivity index (χ4n) is 1.95. The van der Waals surface area contributed by atoms with Gasteiger partial charge >= 0.3 is 0 Å². The Balaban J connectivity index is 2.12. The summed E-state index contributed by atoms with van der Waals surface area (Å²) in [5.41, 5.74) is 12.0. The number of benzene rings is 2. The van der Waals surface area contributed by atoms with Crippen LogP contribution in [-0.2, 0) is 10.8 Å². The van der Waals surface area contributed by atoms with Gasteiger partial charge in [0.25, 0.3) is 0 Å². The maximum absolute atomic E-state index is 12.5. The van der Waals surface area contributed by atoms with Gasteiger partial charge in [-0.2, -0.15) is 4.98 Å². The maximum Gasteiger partial charge on any atom is 0.222 e. The van der Waals surface area contributed by atoms with Crippen LogP contribution in [0, 0.1) is 0 Å². The highest BCUT2D eigenvalue weighted by molar-refractivity contribution is 7.85. The van der Waals surface area contributed by atoms with Crippen LogP contribution in [0.1, 0.15) is 0 Å². The van der Waals surface area contributed by atoms with Gasteiger partial charge in [0.2, 0.25) is 5.95 Å². The van der Waals surface area contributed by atoms with E-state index in [0.717, 1.165) is 4.90 Å². The van der Waals surface area contributed by atoms with Crippen molar-refractivity contribution in [1.29, 1.82) is 0 Å². The summed E-state index contributed by atoms with van der Waals surface area (Å²) in [6, 6.07) is 14.5. The van der Waals surface area contributed by atoms with Crippen LogP contribution in [0.3, 0.4) is 0 Å². The summed E-state index contributed by atoms with van der Waals surface area (Å²) in [6.45, 7) is 0. The SMILES string of the molecule is Nc1nc(N)c2cc([S@@](=O)c3ccccc3)ccc2n1. The highest BCUT2D eigenvalue weighted by Crippen LogP contribution is 2.24. The van der Waals surface area contributed by atoms with Crippen molar-refractivity contribution in [1.82, 2.24) is 9.97 Å². The minimum atomic E-state index is -1.26. The predicted octanol–water partition coefficient (Wildman–Crippen LogP) is 1.96. The minimum Gasteiger partial charge on any atom is -0.383 e. The molecule has 0 aliphatic carbocycles. The number of aromatic nitrogens is 2. The fourth-order valence-corrected chi connectivity index (χ4v) is 3.04. The van der Waals surface area contributed by atoms with Crippen LogP contribution in [0.4, 0.5) is 11.8 Å². The largest absolute Gasteiger partial charge is 0.383 e. The van der Waals surface area contributed by atoms with Crippen LogP contribution >= 0.6 is 0 Å². The molecular formula is C14H12N4OS. The van der Waals surface area contributed by atoms with E-state index in [1.807, 2.05) is 30.3 Å². The normalized spacial score (nSPS) is 12.4. The van der Waals surface area contributed by atoms with E-state index in [4.69, 9.17) is 11.5 Å². The van der Waals surface area contributed by atoms with Gasteiger partial charge in [-0.1, -0.05) is 18.2 Å². The number of nitrogens with two attached hydrogens (primary N) is 2. The maximum atomic E-state index is 12.5. The summed E-state index contributed by atoms with van der Waals surface area (Å²) >= 11 is 0. The topological polar surface area (TPSA) is 94.9 Å². The molecule has 0 unspecified atom stereocenters. The number of rotatable bonds is 2. The highest BCUT2D eigenvalue weighted by atomic mass is 32.2. The van der Waals surface area contributed by atoms with Crippen molar-refractivity contribution in [2.75, 3.05) is 11.5 Å². The van der Waals surface area contributed by atoms with Crippen molar-refractivity contribution >= 4 is 33.5 Å². The second-order valence-electron chi connectivity index (χ2n) is 4.23. The lowest BCUT2D eigenvalue weighted by Gasteiger charge is -2.06. The molecule has 5 nitrogen and oxygen atoms in total. The van der Waals surface area contributed by atoms with Gasteiger partial charge in [-0.25, -0.2) is 9.19 Å².